The Hall–Kier alpha value is -1.77. The first kappa shape index (κ1) is 13.2. The number of amides is 1. The first-order valence-electron chi connectivity index (χ1n) is 4.35. The lowest BCUT2D eigenvalue weighted by atomic mass is 10.2. The number of carbonyl (C=O) groups is 2. The molecule has 84 valence electrons. The van der Waals surface area contributed by atoms with Gasteiger partial charge in [0.1, 0.15) is 11.6 Å². The van der Waals surface area contributed by atoms with Crippen molar-refractivity contribution in [1.29, 1.82) is 5.26 Å². The van der Waals surface area contributed by atoms with E-state index >= 15 is 0 Å². The van der Waals surface area contributed by atoms with Gasteiger partial charge in [-0.2, -0.15) is 5.26 Å². The molecule has 1 atom stereocenters. The summed E-state index contributed by atoms with van der Waals surface area (Å²) in [6.07, 6.45) is -1.14. The molecule has 1 amide bonds. The van der Waals surface area contributed by atoms with Crippen LogP contribution in [0.2, 0.25) is 0 Å². The SMILES string of the molecule is CC(C)(C)OC(=O)N[C@@H](CC#N)C(=O)O. The number of alkyl carbamates (subject to hydrolysis) is 1. The summed E-state index contributed by atoms with van der Waals surface area (Å²) in [6.45, 7) is 4.98. The van der Waals surface area contributed by atoms with Gasteiger partial charge in [-0.3, -0.25) is 0 Å². The van der Waals surface area contributed by atoms with Crippen molar-refractivity contribution < 1.29 is 19.4 Å². The molecule has 0 unspecified atom stereocenters. The van der Waals surface area contributed by atoms with Crippen LogP contribution >= 0.6 is 0 Å². The van der Waals surface area contributed by atoms with Gasteiger partial charge < -0.3 is 15.2 Å². The Morgan fingerprint density at radius 3 is 2.40 bits per heavy atom. The molecule has 0 spiro atoms. The Balaban J connectivity index is 4.25. The Labute approximate surface area is 87.8 Å². The van der Waals surface area contributed by atoms with Gasteiger partial charge in [0.15, 0.2) is 0 Å². The largest absolute Gasteiger partial charge is 0.480 e. The summed E-state index contributed by atoms with van der Waals surface area (Å²) in [6, 6.07) is 0.435. The van der Waals surface area contributed by atoms with Gasteiger partial charge in [-0.1, -0.05) is 0 Å². The Morgan fingerprint density at radius 2 is 2.07 bits per heavy atom. The molecule has 0 aromatic carbocycles. The highest BCUT2D eigenvalue weighted by Gasteiger charge is 2.23. The first-order valence-corrected chi connectivity index (χ1v) is 4.35. The van der Waals surface area contributed by atoms with Gasteiger partial charge in [0.05, 0.1) is 12.5 Å². The summed E-state index contributed by atoms with van der Waals surface area (Å²) < 4.78 is 4.84. The Kier molecular flexibility index (Phi) is 4.58. The van der Waals surface area contributed by atoms with Gasteiger partial charge >= 0.3 is 12.1 Å². The Bertz CT molecular complexity index is 287. The van der Waals surface area contributed by atoms with Gasteiger partial charge in [-0.05, 0) is 20.8 Å². The molecule has 0 saturated carbocycles. The van der Waals surface area contributed by atoms with Gasteiger partial charge in [0.25, 0.3) is 0 Å². The molecule has 0 radical (unpaired) electrons. The van der Waals surface area contributed by atoms with Crippen molar-refractivity contribution in [2.24, 2.45) is 0 Å². The molecule has 6 heteroatoms. The summed E-state index contributed by atoms with van der Waals surface area (Å²) in [5.41, 5.74) is -0.695. The highest BCUT2D eigenvalue weighted by atomic mass is 16.6. The molecule has 15 heavy (non-hydrogen) atoms. The minimum absolute atomic E-state index is 0.297. The number of hydrogen-bond acceptors (Lipinski definition) is 4. The van der Waals surface area contributed by atoms with E-state index in [0.29, 0.717) is 0 Å². The van der Waals surface area contributed by atoms with E-state index in [2.05, 4.69) is 5.32 Å². The van der Waals surface area contributed by atoms with Crippen LogP contribution in [0.15, 0.2) is 0 Å². The van der Waals surface area contributed by atoms with Crippen LogP contribution in [0.3, 0.4) is 0 Å². The molecule has 0 fully saturated rings. The van der Waals surface area contributed by atoms with Crippen molar-refractivity contribution in [1.82, 2.24) is 5.32 Å². The van der Waals surface area contributed by atoms with Gasteiger partial charge in [0.2, 0.25) is 0 Å². The van der Waals surface area contributed by atoms with Crippen molar-refractivity contribution in [3.8, 4) is 6.07 Å². The van der Waals surface area contributed by atoms with Crippen LogP contribution in [0.1, 0.15) is 27.2 Å². The predicted molar refractivity (Wildman–Crippen MR) is 51.0 cm³/mol. The number of carboxylic acid groups (broad SMARTS) is 1. The second kappa shape index (κ2) is 5.20. The standard InChI is InChI=1S/C9H14N2O4/c1-9(2,3)15-8(14)11-6(4-5-10)7(12)13/h6H,4H2,1-3H3,(H,11,14)(H,12,13)/t6-/m0/s1. The zero-order valence-corrected chi connectivity index (χ0v) is 8.90. The maximum atomic E-state index is 11.1. The molecule has 0 rings (SSSR count). The average molecular weight is 214 g/mol. The van der Waals surface area contributed by atoms with E-state index in [9.17, 15) is 9.59 Å². The van der Waals surface area contributed by atoms with E-state index in [1.165, 1.54) is 0 Å². The molecule has 0 aliphatic carbocycles. The summed E-state index contributed by atoms with van der Waals surface area (Å²) in [7, 11) is 0. The van der Waals surface area contributed by atoms with E-state index in [0.717, 1.165) is 0 Å². The van der Waals surface area contributed by atoms with E-state index in [-0.39, 0.29) is 6.42 Å². The molecule has 0 saturated heterocycles. The van der Waals surface area contributed by atoms with Crippen LogP contribution in [0.4, 0.5) is 4.79 Å². The molecular weight excluding hydrogens is 200 g/mol. The zero-order valence-electron chi connectivity index (χ0n) is 8.90. The maximum absolute atomic E-state index is 11.1. The van der Waals surface area contributed by atoms with Crippen LogP contribution < -0.4 is 5.32 Å². The number of nitriles is 1. The van der Waals surface area contributed by atoms with Crippen molar-refractivity contribution in [3.05, 3.63) is 0 Å². The molecule has 0 aliphatic rings. The fourth-order valence-electron chi connectivity index (χ4n) is 0.741. The molecule has 0 aromatic heterocycles. The second-order valence-electron chi connectivity index (χ2n) is 3.90. The lowest BCUT2D eigenvalue weighted by Crippen LogP contribution is -2.43. The first-order chi connectivity index (χ1) is 6.76. The number of aliphatic carboxylic acids is 1. The topological polar surface area (TPSA) is 99.4 Å². The zero-order chi connectivity index (χ0) is 12.1. The minimum atomic E-state index is -1.26. The minimum Gasteiger partial charge on any atom is -0.480 e. The lowest BCUT2D eigenvalue weighted by molar-refractivity contribution is -0.139. The highest BCUT2D eigenvalue weighted by molar-refractivity contribution is 5.80. The molecule has 0 bridgehead atoms. The fourth-order valence-corrected chi connectivity index (χ4v) is 0.741. The molecule has 6 nitrogen and oxygen atoms in total. The Morgan fingerprint density at radius 1 is 1.53 bits per heavy atom. The fraction of sp³-hybridized carbons (Fsp3) is 0.667. The summed E-state index contributed by atoms with van der Waals surface area (Å²) in [4.78, 5) is 21.7. The molecule has 0 aliphatic heterocycles. The van der Waals surface area contributed by atoms with E-state index in [1.54, 1.807) is 26.8 Å². The predicted octanol–water partition coefficient (Wildman–Crippen LogP) is 0.878. The van der Waals surface area contributed by atoms with Crippen molar-refractivity contribution in [2.75, 3.05) is 0 Å². The number of nitrogens with one attached hydrogen (secondary N) is 1. The van der Waals surface area contributed by atoms with Crippen LogP contribution in [0.25, 0.3) is 0 Å². The lowest BCUT2D eigenvalue weighted by Gasteiger charge is -2.21. The molecule has 0 aromatic rings. The number of nitrogens with zero attached hydrogens (tertiary/aromatic N) is 1. The number of hydrogen-bond donors (Lipinski definition) is 2. The van der Waals surface area contributed by atoms with E-state index < -0.39 is 23.7 Å². The third-order valence-electron chi connectivity index (χ3n) is 1.28. The van der Waals surface area contributed by atoms with Gasteiger partial charge in [0, 0.05) is 0 Å². The van der Waals surface area contributed by atoms with E-state index in [4.69, 9.17) is 15.1 Å². The number of carboxylic acids is 1. The van der Waals surface area contributed by atoms with Gasteiger partial charge in [-0.15, -0.1) is 0 Å². The number of ether oxygens (including phenoxy) is 1. The smallest absolute Gasteiger partial charge is 0.408 e. The summed E-state index contributed by atoms with van der Waals surface area (Å²) in [5, 5.41) is 19.0. The summed E-state index contributed by atoms with van der Waals surface area (Å²) >= 11 is 0. The number of carbonyl (C=O) groups excluding carboxylic acids is 1. The third kappa shape index (κ3) is 6.32. The normalized spacial score (nSPS) is 12.4. The van der Waals surface area contributed by atoms with Crippen LogP contribution in [-0.2, 0) is 9.53 Å². The highest BCUT2D eigenvalue weighted by Crippen LogP contribution is 2.07. The van der Waals surface area contributed by atoms with Crippen LogP contribution in [-0.4, -0.2) is 28.8 Å². The second-order valence-corrected chi connectivity index (χ2v) is 3.90. The van der Waals surface area contributed by atoms with E-state index in [1.807, 2.05) is 0 Å². The summed E-state index contributed by atoms with van der Waals surface area (Å²) in [5.74, 6) is -1.26. The quantitative estimate of drug-likeness (QED) is 0.726. The van der Waals surface area contributed by atoms with Crippen molar-refractivity contribution in [2.45, 2.75) is 38.8 Å². The van der Waals surface area contributed by atoms with Crippen molar-refractivity contribution >= 4 is 12.1 Å². The average Bonchev–Trinajstić information content (AvgIpc) is 1.99. The molecule has 0 heterocycles. The maximum Gasteiger partial charge on any atom is 0.408 e. The third-order valence-corrected chi connectivity index (χ3v) is 1.28. The van der Waals surface area contributed by atoms with Crippen LogP contribution in [0.5, 0.6) is 0 Å². The molecule has 2 N–H and O–H groups in total. The van der Waals surface area contributed by atoms with Gasteiger partial charge in [-0.25, -0.2) is 9.59 Å². The monoisotopic (exact) mass is 214 g/mol. The van der Waals surface area contributed by atoms with Crippen LogP contribution in [0, 0.1) is 11.3 Å². The number of rotatable bonds is 3. The molecular formula is C9H14N2O4. The van der Waals surface area contributed by atoms with Crippen molar-refractivity contribution in [3.63, 3.8) is 0 Å².